The Morgan fingerprint density at radius 1 is 1.31 bits per heavy atom. The number of hydrogen-bond acceptors (Lipinski definition) is 3. The van der Waals surface area contributed by atoms with E-state index < -0.39 is 0 Å². The molecule has 0 spiro atoms. The van der Waals surface area contributed by atoms with E-state index in [0.717, 1.165) is 0 Å². The third kappa shape index (κ3) is 5.47. The molecule has 0 aromatic heterocycles. The maximum absolute atomic E-state index is 11.9. The molecule has 0 bridgehead atoms. The van der Waals surface area contributed by atoms with Gasteiger partial charge in [-0.2, -0.15) is 0 Å². The van der Waals surface area contributed by atoms with Gasteiger partial charge in [-0.15, -0.1) is 0 Å². The second-order valence-electron chi connectivity index (χ2n) is 5.47. The molecule has 0 saturated carbocycles. The Hall–Kier alpha value is -0.610. The van der Waals surface area contributed by atoms with E-state index in [9.17, 15) is 4.79 Å². The number of carbonyl (C=O) groups excluding carboxylic acids is 1. The van der Waals surface area contributed by atoms with Gasteiger partial charge in [0.25, 0.3) is 0 Å². The van der Waals surface area contributed by atoms with Crippen LogP contribution in [0, 0.1) is 0 Å². The molecule has 4 nitrogen and oxygen atoms in total. The van der Waals surface area contributed by atoms with E-state index in [1.165, 1.54) is 0 Å². The highest BCUT2D eigenvalue weighted by atomic mass is 16.3. The normalized spacial score (nSPS) is 14.3. The van der Waals surface area contributed by atoms with E-state index in [1.54, 1.807) is 0 Å². The van der Waals surface area contributed by atoms with Crippen molar-refractivity contribution in [3.63, 3.8) is 0 Å². The van der Waals surface area contributed by atoms with E-state index in [1.807, 2.05) is 46.4 Å². The van der Waals surface area contributed by atoms with E-state index in [2.05, 4.69) is 5.32 Å². The second-order valence-corrected chi connectivity index (χ2v) is 5.47. The van der Waals surface area contributed by atoms with Gasteiger partial charge in [0, 0.05) is 18.1 Å². The predicted molar refractivity (Wildman–Crippen MR) is 66.3 cm³/mol. The fourth-order valence-electron chi connectivity index (χ4n) is 1.64. The summed E-state index contributed by atoms with van der Waals surface area (Å²) in [6.07, 6.45) is 0. The molecule has 0 aromatic rings. The molecule has 0 radical (unpaired) electrons. The van der Waals surface area contributed by atoms with Crippen LogP contribution >= 0.6 is 0 Å². The van der Waals surface area contributed by atoms with Crippen molar-refractivity contribution >= 4 is 5.91 Å². The summed E-state index contributed by atoms with van der Waals surface area (Å²) in [5, 5.41) is 11.9. The SMILES string of the molecule is CC(C)N(CCO)C(C)C(=O)NC(C)(C)C. The zero-order valence-corrected chi connectivity index (χ0v) is 11.4. The molecule has 4 heteroatoms. The second kappa shape index (κ2) is 6.21. The summed E-state index contributed by atoms with van der Waals surface area (Å²) in [6.45, 7) is 12.4. The van der Waals surface area contributed by atoms with Crippen LogP contribution in [-0.4, -0.2) is 46.7 Å². The first-order valence-corrected chi connectivity index (χ1v) is 5.87. The highest BCUT2D eigenvalue weighted by molar-refractivity contribution is 5.81. The summed E-state index contributed by atoms with van der Waals surface area (Å²) in [4.78, 5) is 13.9. The first-order valence-electron chi connectivity index (χ1n) is 5.87. The summed E-state index contributed by atoms with van der Waals surface area (Å²) in [5.74, 6) is 0.00894. The fraction of sp³-hybridized carbons (Fsp3) is 0.917. The van der Waals surface area contributed by atoms with Crippen LogP contribution in [0.3, 0.4) is 0 Å². The van der Waals surface area contributed by atoms with Crippen LogP contribution in [0.2, 0.25) is 0 Å². The van der Waals surface area contributed by atoms with E-state index in [4.69, 9.17) is 5.11 Å². The lowest BCUT2D eigenvalue weighted by atomic mass is 10.1. The van der Waals surface area contributed by atoms with Crippen LogP contribution in [0.25, 0.3) is 0 Å². The fourth-order valence-corrected chi connectivity index (χ4v) is 1.64. The van der Waals surface area contributed by atoms with Crippen LogP contribution in [0.4, 0.5) is 0 Å². The van der Waals surface area contributed by atoms with Gasteiger partial charge in [0.05, 0.1) is 12.6 Å². The van der Waals surface area contributed by atoms with Gasteiger partial charge in [0.15, 0.2) is 0 Å². The number of rotatable bonds is 5. The lowest BCUT2D eigenvalue weighted by Gasteiger charge is -2.33. The van der Waals surface area contributed by atoms with Crippen molar-refractivity contribution in [2.75, 3.05) is 13.2 Å². The molecule has 0 fully saturated rings. The lowest BCUT2D eigenvalue weighted by molar-refractivity contribution is -0.128. The van der Waals surface area contributed by atoms with Crippen molar-refractivity contribution in [1.29, 1.82) is 0 Å². The first kappa shape index (κ1) is 15.4. The van der Waals surface area contributed by atoms with Crippen LogP contribution in [0.5, 0.6) is 0 Å². The number of carbonyl (C=O) groups is 1. The topological polar surface area (TPSA) is 52.6 Å². The molecular weight excluding hydrogens is 204 g/mol. The molecule has 2 N–H and O–H groups in total. The molecule has 0 aliphatic rings. The molecule has 16 heavy (non-hydrogen) atoms. The number of nitrogens with one attached hydrogen (secondary N) is 1. The molecule has 0 aromatic carbocycles. The quantitative estimate of drug-likeness (QED) is 0.740. The van der Waals surface area contributed by atoms with Crippen molar-refractivity contribution in [3.8, 4) is 0 Å². The highest BCUT2D eigenvalue weighted by Gasteiger charge is 2.25. The van der Waals surface area contributed by atoms with Gasteiger partial charge in [0.1, 0.15) is 0 Å². The minimum Gasteiger partial charge on any atom is -0.395 e. The summed E-state index contributed by atoms with van der Waals surface area (Å²) in [6, 6.07) is 0.0271. The van der Waals surface area contributed by atoms with Gasteiger partial charge in [-0.25, -0.2) is 0 Å². The van der Waals surface area contributed by atoms with Crippen molar-refractivity contribution in [2.24, 2.45) is 0 Å². The van der Waals surface area contributed by atoms with Gasteiger partial charge in [0.2, 0.25) is 5.91 Å². The highest BCUT2D eigenvalue weighted by Crippen LogP contribution is 2.07. The predicted octanol–water partition coefficient (Wildman–Crippen LogP) is 0.992. The standard InChI is InChI=1S/C12H26N2O2/c1-9(2)14(7-8-15)10(3)11(16)13-12(4,5)6/h9-10,15H,7-8H2,1-6H3,(H,13,16). The number of nitrogens with zero attached hydrogens (tertiary/aromatic N) is 1. The molecule has 1 atom stereocenters. The molecular formula is C12H26N2O2. The molecule has 1 unspecified atom stereocenters. The van der Waals surface area contributed by atoms with Crippen molar-refractivity contribution in [2.45, 2.75) is 59.2 Å². The Balaban J connectivity index is 4.49. The summed E-state index contributed by atoms with van der Waals surface area (Å²) in [7, 11) is 0. The summed E-state index contributed by atoms with van der Waals surface area (Å²) in [5.41, 5.74) is -0.215. The Morgan fingerprint density at radius 2 is 1.81 bits per heavy atom. The molecule has 0 heterocycles. The van der Waals surface area contributed by atoms with E-state index >= 15 is 0 Å². The molecule has 0 aliphatic heterocycles. The molecule has 96 valence electrons. The third-order valence-electron chi connectivity index (χ3n) is 2.40. The Labute approximate surface area is 99.0 Å². The van der Waals surface area contributed by atoms with Crippen molar-refractivity contribution in [3.05, 3.63) is 0 Å². The third-order valence-corrected chi connectivity index (χ3v) is 2.40. The van der Waals surface area contributed by atoms with Crippen molar-refractivity contribution in [1.82, 2.24) is 10.2 Å². The van der Waals surface area contributed by atoms with Crippen LogP contribution in [-0.2, 0) is 4.79 Å². The molecule has 1 amide bonds. The maximum atomic E-state index is 11.9. The Morgan fingerprint density at radius 3 is 2.12 bits per heavy atom. The lowest BCUT2D eigenvalue weighted by Crippen LogP contribution is -2.53. The smallest absolute Gasteiger partial charge is 0.237 e. The van der Waals surface area contributed by atoms with Gasteiger partial charge < -0.3 is 10.4 Å². The first-order chi connectivity index (χ1) is 7.19. The molecule has 0 rings (SSSR count). The maximum Gasteiger partial charge on any atom is 0.237 e. The number of hydrogen-bond donors (Lipinski definition) is 2. The van der Waals surface area contributed by atoms with Crippen LogP contribution in [0.15, 0.2) is 0 Å². The zero-order chi connectivity index (χ0) is 12.9. The average molecular weight is 230 g/mol. The minimum absolute atomic E-state index is 0.00894. The van der Waals surface area contributed by atoms with Gasteiger partial charge >= 0.3 is 0 Å². The van der Waals surface area contributed by atoms with Gasteiger partial charge in [-0.3, -0.25) is 9.69 Å². The zero-order valence-electron chi connectivity index (χ0n) is 11.4. The minimum atomic E-state index is -0.216. The van der Waals surface area contributed by atoms with Crippen LogP contribution in [0.1, 0.15) is 41.5 Å². The Bertz CT molecular complexity index is 222. The van der Waals surface area contributed by atoms with Crippen molar-refractivity contribution < 1.29 is 9.90 Å². The molecule has 0 aliphatic carbocycles. The van der Waals surface area contributed by atoms with Crippen LogP contribution < -0.4 is 5.32 Å². The number of aliphatic hydroxyl groups is 1. The molecule has 0 saturated heterocycles. The largest absolute Gasteiger partial charge is 0.395 e. The van der Waals surface area contributed by atoms with Gasteiger partial charge in [-0.1, -0.05) is 0 Å². The monoisotopic (exact) mass is 230 g/mol. The number of amides is 1. The van der Waals surface area contributed by atoms with E-state index in [0.29, 0.717) is 6.54 Å². The average Bonchev–Trinajstić information content (AvgIpc) is 2.09. The van der Waals surface area contributed by atoms with E-state index in [-0.39, 0.29) is 30.1 Å². The summed E-state index contributed by atoms with van der Waals surface area (Å²) >= 11 is 0. The summed E-state index contributed by atoms with van der Waals surface area (Å²) < 4.78 is 0. The van der Waals surface area contributed by atoms with Gasteiger partial charge in [-0.05, 0) is 41.5 Å². The number of aliphatic hydroxyl groups excluding tert-OH is 1. The Kier molecular flexibility index (Phi) is 5.97.